The van der Waals surface area contributed by atoms with Crippen molar-refractivity contribution in [2.45, 2.75) is 39.0 Å². The first kappa shape index (κ1) is 21.8. The minimum Gasteiger partial charge on any atom is -0.493 e. The molecule has 0 radical (unpaired) electrons. The Bertz CT molecular complexity index is 937. The van der Waals surface area contributed by atoms with Crippen molar-refractivity contribution >= 4 is 16.2 Å². The van der Waals surface area contributed by atoms with E-state index < -0.39 is 10.0 Å². The van der Waals surface area contributed by atoms with Crippen LogP contribution in [0.2, 0.25) is 0 Å². The van der Waals surface area contributed by atoms with E-state index in [1.165, 1.54) is 6.21 Å². The SMILES string of the molecule is COc1cc(/C=N/NS(=O)(=O)c2cc(C)ccc2C)ccc1OCCC(C)C. The second-order valence-corrected chi connectivity index (χ2v) is 8.69. The van der Waals surface area contributed by atoms with Crippen LogP contribution in [0.4, 0.5) is 0 Å². The number of methoxy groups -OCH3 is 1. The van der Waals surface area contributed by atoms with Gasteiger partial charge in [-0.25, -0.2) is 4.83 Å². The van der Waals surface area contributed by atoms with Crippen molar-refractivity contribution in [2.24, 2.45) is 11.0 Å². The first-order valence-electron chi connectivity index (χ1n) is 9.16. The standard InChI is InChI=1S/C21H28N2O4S/c1-15(2)10-11-27-19-9-8-18(13-20(19)26-5)14-22-23-28(24,25)21-12-16(3)6-7-17(21)4/h6-9,12-15,23H,10-11H2,1-5H3/b22-14+. The molecule has 2 aromatic rings. The Hall–Kier alpha value is -2.54. The number of sulfonamides is 1. The molecule has 0 unspecified atom stereocenters. The maximum atomic E-state index is 12.5. The van der Waals surface area contributed by atoms with Gasteiger partial charge in [0.25, 0.3) is 10.0 Å². The Kier molecular flexibility index (Phi) is 7.45. The molecule has 0 aliphatic heterocycles. The van der Waals surface area contributed by atoms with E-state index in [-0.39, 0.29) is 4.90 Å². The highest BCUT2D eigenvalue weighted by atomic mass is 32.2. The minimum absolute atomic E-state index is 0.219. The predicted molar refractivity (Wildman–Crippen MR) is 112 cm³/mol. The molecule has 6 nitrogen and oxygen atoms in total. The second-order valence-electron chi connectivity index (χ2n) is 7.06. The van der Waals surface area contributed by atoms with Gasteiger partial charge in [0.15, 0.2) is 11.5 Å². The number of aryl methyl sites for hydroxylation is 2. The molecule has 2 aromatic carbocycles. The highest BCUT2D eigenvalue weighted by molar-refractivity contribution is 7.89. The maximum Gasteiger partial charge on any atom is 0.276 e. The highest BCUT2D eigenvalue weighted by Gasteiger charge is 2.15. The third-order valence-corrected chi connectivity index (χ3v) is 5.52. The quantitative estimate of drug-likeness (QED) is 0.505. The summed E-state index contributed by atoms with van der Waals surface area (Å²) in [5.74, 6) is 1.78. The van der Waals surface area contributed by atoms with Crippen molar-refractivity contribution in [3.63, 3.8) is 0 Å². The number of rotatable bonds is 9. The minimum atomic E-state index is -3.73. The van der Waals surface area contributed by atoms with Crippen molar-refractivity contribution in [3.05, 3.63) is 53.1 Å². The zero-order valence-corrected chi connectivity index (χ0v) is 17.8. The van der Waals surface area contributed by atoms with E-state index in [1.807, 2.05) is 13.0 Å². The lowest BCUT2D eigenvalue weighted by molar-refractivity contribution is 0.273. The third kappa shape index (κ3) is 5.99. The average molecular weight is 405 g/mol. The van der Waals surface area contributed by atoms with Gasteiger partial charge in [0.1, 0.15) is 0 Å². The molecule has 7 heteroatoms. The van der Waals surface area contributed by atoms with Crippen LogP contribution in [0, 0.1) is 19.8 Å². The lowest BCUT2D eigenvalue weighted by atomic mass is 10.1. The van der Waals surface area contributed by atoms with Gasteiger partial charge in [0.2, 0.25) is 0 Å². The summed E-state index contributed by atoms with van der Waals surface area (Å²) in [5.41, 5.74) is 2.22. The molecular formula is C21H28N2O4S. The largest absolute Gasteiger partial charge is 0.493 e. The Morgan fingerprint density at radius 3 is 2.54 bits per heavy atom. The summed E-state index contributed by atoms with van der Waals surface area (Å²) in [6.07, 6.45) is 2.38. The second kappa shape index (κ2) is 9.59. The fraction of sp³-hybridized carbons (Fsp3) is 0.381. The molecule has 0 spiro atoms. The Morgan fingerprint density at radius 1 is 1.11 bits per heavy atom. The Labute approximate surface area is 167 Å². The van der Waals surface area contributed by atoms with Crippen LogP contribution in [0.15, 0.2) is 46.4 Å². The predicted octanol–water partition coefficient (Wildman–Crippen LogP) is 4.05. The van der Waals surface area contributed by atoms with Crippen LogP contribution >= 0.6 is 0 Å². The summed E-state index contributed by atoms with van der Waals surface area (Å²) in [7, 11) is -2.17. The van der Waals surface area contributed by atoms with Crippen molar-refractivity contribution in [1.29, 1.82) is 0 Å². The average Bonchev–Trinajstić information content (AvgIpc) is 2.64. The smallest absolute Gasteiger partial charge is 0.276 e. The van der Waals surface area contributed by atoms with Gasteiger partial charge >= 0.3 is 0 Å². The van der Waals surface area contributed by atoms with Gasteiger partial charge in [-0.2, -0.15) is 13.5 Å². The van der Waals surface area contributed by atoms with E-state index in [0.29, 0.717) is 35.2 Å². The molecule has 0 aliphatic rings. The van der Waals surface area contributed by atoms with Gasteiger partial charge in [0.05, 0.1) is 24.8 Å². The van der Waals surface area contributed by atoms with E-state index in [1.54, 1.807) is 44.4 Å². The number of ether oxygens (including phenoxy) is 2. The number of hydrogen-bond donors (Lipinski definition) is 1. The highest BCUT2D eigenvalue weighted by Crippen LogP contribution is 2.28. The molecule has 0 heterocycles. The van der Waals surface area contributed by atoms with Crippen molar-refractivity contribution in [1.82, 2.24) is 4.83 Å². The number of nitrogens with one attached hydrogen (secondary N) is 1. The van der Waals surface area contributed by atoms with Gasteiger partial charge in [-0.05, 0) is 67.1 Å². The molecule has 28 heavy (non-hydrogen) atoms. The fourth-order valence-corrected chi connectivity index (χ4v) is 3.63. The van der Waals surface area contributed by atoms with Crippen molar-refractivity contribution in [3.8, 4) is 11.5 Å². The molecule has 0 bridgehead atoms. The zero-order valence-electron chi connectivity index (χ0n) is 17.0. The summed E-state index contributed by atoms with van der Waals surface area (Å²) in [6, 6.07) is 10.6. The summed E-state index contributed by atoms with van der Waals surface area (Å²) < 4.78 is 36.1. The molecule has 0 atom stereocenters. The van der Waals surface area contributed by atoms with Crippen LogP contribution in [0.3, 0.4) is 0 Å². The number of hydrogen-bond acceptors (Lipinski definition) is 5. The van der Waals surface area contributed by atoms with Gasteiger partial charge in [-0.3, -0.25) is 0 Å². The molecule has 0 aromatic heterocycles. The summed E-state index contributed by atoms with van der Waals surface area (Å²) in [6.45, 7) is 8.48. The van der Waals surface area contributed by atoms with E-state index in [4.69, 9.17) is 9.47 Å². The molecule has 152 valence electrons. The third-order valence-electron chi connectivity index (χ3n) is 4.16. The van der Waals surface area contributed by atoms with Crippen LogP contribution in [0.5, 0.6) is 11.5 Å². The fourth-order valence-electron chi connectivity index (χ4n) is 2.50. The Balaban J connectivity index is 2.10. The van der Waals surface area contributed by atoms with E-state index in [0.717, 1.165) is 12.0 Å². The topological polar surface area (TPSA) is 77.0 Å². The van der Waals surface area contributed by atoms with Gasteiger partial charge < -0.3 is 9.47 Å². The molecule has 0 amide bonds. The van der Waals surface area contributed by atoms with Gasteiger partial charge in [0, 0.05) is 0 Å². The lowest BCUT2D eigenvalue weighted by Crippen LogP contribution is -2.19. The molecule has 0 aliphatic carbocycles. The van der Waals surface area contributed by atoms with Crippen LogP contribution in [-0.4, -0.2) is 28.3 Å². The van der Waals surface area contributed by atoms with Crippen LogP contribution < -0.4 is 14.3 Å². The first-order valence-corrected chi connectivity index (χ1v) is 10.6. The van der Waals surface area contributed by atoms with Crippen LogP contribution in [0.25, 0.3) is 0 Å². The molecule has 1 N–H and O–H groups in total. The molecule has 2 rings (SSSR count). The van der Waals surface area contributed by atoms with Gasteiger partial charge in [-0.1, -0.05) is 26.0 Å². The first-order chi connectivity index (χ1) is 13.2. The number of benzene rings is 2. The zero-order chi connectivity index (χ0) is 20.7. The summed E-state index contributed by atoms with van der Waals surface area (Å²) >= 11 is 0. The molecule has 0 saturated carbocycles. The number of nitrogens with zero attached hydrogens (tertiary/aromatic N) is 1. The molecular weight excluding hydrogens is 376 g/mol. The molecule has 0 saturated heterocycles. The van der Waals surface area contributed by atoms with Crippen molar-refractivity contribution in [2.75, 3.05) is 13.7 Å². The van der Waals surface area contributed by atoms with E-state index in [9.17, 15) is 8.42 Å². The van der Waals surface area contributed by atoms with Crippen LogP contribution in [0.1, 0.15) is 37.0 Å². The monoisotopic (exact) mass is 404 g/mol. The normalized spacial score (nSPS) is 11.8. The van der Waals surface area contributed by atoms with E-state index >= 15 is 0 Å². The van der Waals surface area contributed by atoms with Gasteiger partial charge in [-0.15, -0.1) is 0 Å². The van der Waals surface area contributed by atoms with E-state index in [2.05, 4.69) is 23.8 Å². The maximum absolute atomic E-state index is 12.5. The lowest BCUT2D eigenvalue weighted by Gasteiger charge is -2.12. The summed E-state index contributed by atoms with van der Waals surface area (Å²) in [5, 5.41) is 3.89. The summed E-state index contributed by atoms with van der Waals surface area (Å²) in [4.78, 5) is 2.48. The number of hydrazone groups is 1. The van der Waals surface area contributed by atoms with Crippen molar-refractivity contribution < 1.29 is 17.9 Å². The Morgan fingerprint density at radius 2 is 1.86 bits per heavy atom. The molecule has 0 fully saturated rings. The van der Waals surface area contributed by atoms with Crippen LogP contribution in [-0.2, 0) is 10.0 Å².